The summed E-state index contributed by atoms with van der Waals surface area (Å²) in [5.41, 5.74) is 4.23. The zero-order chi connectivity index (χ0) is 22.1. The highest BCUT2D eigenvalue weighted by molar-refractivity contribution is 5.94. The molecule has 2 amide bonds. The molecule has 3 aromatic rings. The van der Waals surface area contributed by atoms with Crippen LogP contribution in [0.15, 0.2) is 48.7 Å². The molecule has 0 spiro atoms. The highest BCUT2D eigenvalue weighted by atomic mass is 16.5. The third-order valence-corrected chi connectivity index (χ3v) is 6.89. The maximum absolute atomic E-state index is 13.0. The maximum Gasteiger partial charge on any atom is 0.253 e. The van der Waals surface area contributed by atoms with E-state index in [1.807, 2.05) is 40.1 Å². The summed E-state index contributed by atoms with van der Waals surface area (Å²) in [5, 5.41) is 1.21. The van der Waals surface area contributed by atoms with Crippen molar-refractivity contribution >= 4 is 22.7 Å². The Labute approximate surface area is 188 Å². The monoisotopic (exact) mass is 431 g/mol. The Balaban J connectivity index is 1.21. The summed E-state index contributed by atoms with van der Waals surface area (Å²) in [6.07, 6.45) is 5.60. The first-order chi connectivity index (χ1) is 15.6. The van der Waals surface area contributed by atoms with E-state index in [4.69, 9.17) is 4.74 Å². The van der Waals surface area contributed by atoms with Crippen molar-refractivity contribution in [2.45, 2.75) is 38.1 Å². The molecule has 5 rings (SSSR count). The van der Waals surface area contributed by atoms with E-state index >= 15 is 0 Å². The largest absolute Gasteiger partial charge is 0.497 e. The Kier molecular flexibility index (Phi) is 5.60. The van der Waals surface area contributed by atoms with Crippen molar-refractivity contribution in [3.8, 4) is 5.75 Å². The van der Waals surface area contributed by atoms with Crippen molar-refractivity contribution < 1.29 is 14.3 Å². The number of aromatic amines is 1. The van der Waals surface area contributed by atoms with Gasteiger partial charge in [-0.05, 0) is 66.6 Å². The van der Waals surface area contributed by atoms with Crippen LogP contribution in [-0.4, -0.2) is 53.3 Å². The van der Waals surface area contributed by atoms with Gasteiger partial charge in [-0.15, -0.1) is 0 Å². The number of hydrogen-bond acceptors (Lipinski definition) is 3. The zero-order valence-electron chi connectivity index (χ0n) is 18.5. The van der Waals surface area contributed by atoms with Gasteiger partial charge >= 0.3 is 0 Å². The van der Waals surface area contributed by atoms with Crippen LogP contribution < -0.4 is 4.74 Å². The van der Waals surface area contributed by atoms with Crippen LogP contribution in [0.3, 0.4) is 0 Å². The lowest BCUT2D eigenvalue weighted by Crippen LogP contribution is -2.37. The number of carbonyl (C=O) groups excluding carboxylic acids is 2. The predicted octanol–water partition coefficient (Wildman–Crippen LogP) is 4.32. The number of methoxy groups -OCH3 is 1. The summed E-state index contributed by atoms with van der Waals surface area (Å²) in [5.74, 6) is 1.61. The molecule has 1 N–H and O–H groups in total. The SMILES string of the molecule is COc1ccc2[nH]cc(C3CCN(C(=O)c4ccc(CN5CCCC5=O)cc4)CC3)c2c1. The Morgan fingerprint density at radius 3 is 2.56 bits per heavy atom. The minimum Gasteiger partial charge on any atom is -0.497 e. The Morgan fingerprint density at radius 2 is 1.88 bits per heavy atom. The number of nitrogens with zero attached hydrogens (tertiary/aromatic N) is 2. The minimum atomic E-state index is 0.0906. The Morgan fingerprint density at radius 1 is 1.09 bits per heavy atom. The zero-order valence-corrected chi connectivity index (χ0v) is 18.5. The van der Waals surface area contributed by atoms with Gasteiger partial charge in [0.1, 0.15) is 5.75 Å². The van der Waals surface area contributed by atoms with Crippen LogP contribution in [0.5, 0.6) is 5.75 Å². The standard InChI is InChI=1S/C26H29N3O3/c1-32-21-8-9-24-22(15-21)23(16-27-24)19-10-13-28(14-11-19)26(31)20-6-4-18(5-7-20)17-29-12-2-3-25(29)30/h4-9,15-16,19,27H,2-3,10-14,17H2,1H3. The number of fused-ring (bicyclic) bond motifs is 1. The van der Waals surface area contributed by atoms with Crippen molar-refractivity contribution in [2.75, 3.05) is 26.7 Å². The lowest BCUT2D eigenvalue weighted by molar-refractivity contribution is -0.128. The van der Waals surface area contributed by atoms with Gasteiger partial charge in [-0.1, -0.05) is 12.1 Å². The van der Waals surface area contributed by atoms with E-state index in [0.717, 1.165) is 61.3 Å². The molecule has 1 aromatic heterocycles. The topological polar surface area (TPSA) is 65.6 Å². The molecule has 3 heterocycles. The van der Waals surface area contributed by atoms with Crippen LogP contribution >= 0.6 is 0 Å². The second-order valence-corrected chi connectivity index (χ2v) is 8.84. The maximum atomic E-state index is 13.0. The van der Waals surface area contributed by atoms with E-state index in [9.17, 15) is 9.59 Å². The molecule has 2 aliphatic rings. The minimum absolute atomic E-state index is 0.0906. The van der Waals surface area contributed by atoms with Gasteiger partial charge in [0.15, 0.2) is 0 Å². The molecule has 0 radical (unpaired) electrons. The molecule has 2 aliphatic heterocycles. The van der Waals surface area contributed by atoms with Gasteiger partial charge in [0.05, 0.1) is 7.11 Å². The molecule has 6 nitrogen and oxygen atoms in total. The number of H-pyrrole nitrogens is 1. The fraction of sp³-hybridized carbons (Fsp3) is 0.385. The quantitative estimate of drug-likeness (QED) is 0.654. The van der Waals surface area contributed by atoms with Crippen molar-refractivity contribution in [3.05, 3.63) is 65.4 Å². The van der Waals surface area contributed by atoms with Crippen LogP contribution in [0.4, 0.5) is 0 Å². The molecule has 0 bridgehead atoms. The molecule has 0 atom stereocenters. The number of aromatic nitrogens is 1. The van der Waals surface area contributed by atoms with E-state index in [0.29, 0.717) is 18.9 Å². The lowest BCUT2D eigenvalue weighted by Gasteiger charge is -2.32. The van der Waals surface area contributed by atoms with Crippen LogP contribution in [0.2, 0.25) is 0 Å². The van der Waals surface area contributed by atoms with Crippen LogP contribution in [0.1, 0.15) is 53.1 Å². The molecule has 32 heavy (non-hydrogen) atoms. The number of ether oxygens (including phenoxy) is 1. The van der Waals surface area contributed by atoms with E-state index < -0.39 is 0 Å². The summed E-state index contributed by atoms with van der Waals surface area (Å²) in [6, 6.07) is 13.9. The van der Waals surface area contributed by atoms with E-state index in [2.05, 4.69) is 23.3 Å². The number of amides is 2. The van der Waals surface area contributed by atoms with Gasteiger partial charge in [-0.3, -0.25) is 9.59 Å². The first-order valence-corrected chi connectivity index (χ1v) is 11.4. The Bertz CT molecular complexity index is 1130. The van der Waals surface area contributed by atoms with Gasteiger partial charge < -0.3 is 19.5 Å². The molecule has 0 aliphatic carbocycles. The lowest BCUT2D eigenvalue weighted by atomic mass is 9.89. The normalized spacial score (nSPS) is 17.3. The average Bonchev–Trinajstić information content (AvgIpc) is 3.44. The molecule has 6 heteroatoms. The van der Waals surface area contributed by atoms with Crippen molar-refractivity contribution in [1.82, 2.24) is 14.8 Å². The van der Waals surface area contributed by atoms with Crippen LogP contribution in [0, 0.1) is 0 Å². The predicted molar refractivity (Wildman–Crippen MR) is 124 cm³/mol. The molecule has 166 valence electrons. The first-order valence-electron chi connectivity index (χ1n) is 11.4. The average molecular weight is 432 g/mol. The second-order valence-electron chi connectivity index (χ2n) is 8.84. The molecular weight excluding hydrogens is 402 g/mol. The molecule has 0 unspecified atom stereocenters. The third-order valence-electron chi connectivity index (χ3n) is 6.89. The van der Waals surface area contributed by atoms with Crippen molar-refractivity contribution in [2.24, 2.45) is 0 Å². The van der Waals surface area contributed by atoms with Gasteiger partial charge in [0.2, 0.25) is 5.91 Å². The number of piperidine rings is 1. The molecule has 2 saturated heterocycles. The number of carbonyl (C=O) groups is 2. The second kappa shape index (κ2) is 8.69. The van der Waals surface area contributed by atoms with Gasteiger partial charge in [-0.2, -0.15) is 0 Å². The van der Waals surface area contributed by atoms with Gasteiger partial charge in [-0.25, -0.2) is 0 Å². The fourth-order valence-corrected chi connectivity index (χ4v) is 5.01. The first kappa shape index (κ1) is 20.6. The summed E-state index contributed by atoms with van der Waals surface area (Å²) >= 11 is 0. The molecule has 0 saturated carbocycles. The number of hydrogen-bond donors (Lipinski definition) is 1. The Hall–Kier alpha value is -3.28. The smallest absolute Gasteiger partial charge is 0.253 e. The summed E-state index contributed by atoms with van der Waals surface area (Å²) in [4.78, 5) is 32.1. The van der Waals surface area contributed by atoms with Crippen molar-refractivity contribution in [1.29, 1.82) is 0 Å². The molecule has 2 fully saturated rings. The summed E-state index contributed by atoms with van der Waals surface area (Å²) < 4.78 is 5.40. The summed E-state index contributed by atoms with van der Waals surface area (Å²) in [6.45, 7) is 2.97. The van der Waals surface area contributed by atoms with Crippen LogP contribution in [0.25, 0.3) is 10.9 Å². The van der Waals surface area contributed by atoms with Gasteiger partial charge in [0.25, 0.3) is 5.91 Å². The summed E-state index contributed by atoms with van der Waals surface area (Å²) in [7, 11) is 1.69. The number of rotatable bonds is 5. The number of likely N-dealkylation sites (tertiary alicyclic amines) is 2. The highest BCUT2D eigenvalue weighted by Gasteiger charge is 2.26. The third kappa shape index (κ3) is 3.97. The van der Waals surface area contributed by atoms with E-state index in [1.165, 1.54) is 10.9 Å². The fourth-order valence-electron chi connectivity index (χ4n) is 5.01. The highest BCUT2D eigenvalue weighted by Crippen LogP contribution is 2.35. The number of nitrogens with one attached hydrogen (secondary N) is 1. The van der Waals surface area contributed by atoms with Crippen molar-refractivity contribution in [3.63, 3.8) is 0 Å². The van der Waals surface area contributed by atoms with Gasteiger partial charge in [0, 0.05) is 55.3 Å². The van der Waals surface area contributed by atoms with Crippen LogP contribution in [-0.2, 0) is 11.3 Å². The molecule has 2 aromatic carbocycles. The van der Waals surface area contributed by atoms with E-state index in [-0.39, 0.29) is 11.8 Å². The number of benzene rings is 2. The molecular formula is C26H29N3O3. The van der Waals surface area contributed by atoms with E-state index in [1.54, 1.807) is 7.11 Å².